The summed E-state index contributed by atoms with van der Waals surface area (Å²) in [5.41, 5.74) is 5.60. The standard InChI is InChI=1S/C15H21N/c1-4-5-6-7-13-10-16-14-9-8-11(2)12(3)15(13)14/h8-10,16H,4-7H2,1-3H3. The summed E-state index contributed by atoms with van der Waals surface area (Å²) in [5.74, 6) is 0. The van der Waals surface area contributed by atoms with E-state index in [-0.39, 0.29) is 0 Å². The van der Waals surface area contributed by atoms with Crippen molar-refractivity contribution < 1.29 is 0 Å². The van der Waals surface area contributed by atoms with Crippen LogP contribution in [-0.2, 0) is 6.42 Å². The zero-order valence-electron chi connectivity index (χ0n) is 10.6. The van der Waals surface area contributed by atoms with Gasteiger partial charge in [-0.1, -0.05) is 25.8 Å². The lowest BCUT2D eigenvalue weighted by atomic mass is 10.00. The number of nitrogens with one attached hydrogen (secondary N) is 1. The van der Waals surface area contributed by atoms with E-state index < -0.39 is 0 Å². The van der Waals surface area contributed by atoms with E-state index in [1.807, 2.05) is 0 Å². The second-order valence-corrected chi connectivity index (χ2v) is 4.70. The fraction of sp³-hybridized carbons (Fsp3) is 0.467. The Labute approximate surface area is 97.9 Å². The Morgan fingerprint density at radius 1 is 1.12 bits per heavy atom. The van der Waals surface area contributed by atoms with Crippen LogP contribution in [0, 0.1) is 13.8 Å². The van der Waals surface area contributed by atoms with Crippen molar-refractivity contribution in [3.63, 3.8) is 0 Å². The second kappa shape index (κ2) is 4.73. The number of aromatic amines is 1. The van der Waals surface area contributed by atoms with Crippen LogP contribution >= 0.6 is 0 Å². The summed E-state index contributed by atoms with van der Waals surface area (Å²) in [6.07, 6.45) is 7.32. The minimum Gasteiger partial charge on any atom is -0.361 e. The highest BCUT2D eigenvalue weighted by molar-refractivity contribution is 5.87. The third-order valence-electron chi connectivity index (χ3n) is 3.51. The Morgan fingerprint density at radius 3 is 2.69 bits per heavy atom. The molecule has 1 aromatic heterocycles. The normalized spacial score (nSPS) is 11.2. The van der Waals surface area contributed by atoms with Gasteiger partial charge in [0.05, 0.1) is 0 Å². The van der Waals surface area contributed by atoms with Crippen molar-refractivity contribution in [1.82, 2.24) is 4.98 Å². The van der Waals surface area contributed by atoms with E-state index in [1.54, 1.807) is 0 Å². The highest BCUT2D eigenvalue weighted by Gasteiger charge is 2.07. The first kappa shape index (κ1) is 11.3. The number of aryl methyl sites for hydroxylation is 3. The smallest absolute Gasteiger partial charge is 0.0459 e. The summed E-state index contributed by atoms with van der Waals surface area (Å²) in [6, 6.07) is 4.39. The molecule has 16 heavy (non-hydrogen) atoms. The van der Waals surface area contributed by atoms with Crippen LogP contribution in [0.3, 0.4) is 0 Å². The van der Waals surface area contributed by atoms with Gasteiger partial charge in [-0.15, -0.1) is 0 Å². The van der Waals surface area contributed by atoms with Crippen molar-refractivity contribution in [3.05, 3.63) is 35.0 Å². The maximum atomic E-state index is 3.38. The molecule has 2 aromatic rings. The van der Waals surface area contributed by atoms with Crippen LogP contribution in [0.4, 0.5) is 0 Å². The van der Waals surface area contributed by atoms with Crippen LogP contribution in [0.25, 0.3) is 10.9 Å². The van der Waals surface area contributed by atoms with Gasteiger partial charge >= 0.3 is 0 Å². The van der Waals surface area contributed by atoms with Crippen molar-refractivity contribution in [2.45, 2.75) is 46.5 Å². The molecule has 0 amide bonds. The lowest BCUT2D eigenvalue weighted by Crippen LogP contribution is -1.87. The number of rotatable bonds is 4. The first-order valence-electron chi connectivity index (χ1n) is 6.30. The molecule has 1 N–H and O–H groups in total. The average Bonchev–Trinajstić information content (AvgIpc) is 2.68. The van der Waals surface area contributed by atoms with Gasteiger partial charge in [-0.25, -0.2) is 0 Å². The Hall–Kier alpha value is -1.24. The Morgan fingerprint density at radius 2 is 1.94 bits per heavy atom. The van der Waals surface area contributed by atoms with Crippen LogP contribution in [0.1, 0.15) is 42.9 Å². The number of hydrogen-bond donors (Lipinski definition) is 1. The SMILES string of the molecule is CCCCCc1c[nH]c2ccc(C)c(C)c12. The topological polar surface area (TPSA) is 15.8 Å². The summed E-state index contributed by atoms with van der Waals surface area (Å²) < 4.78 is 0. The number of H-pyrrole nitrogens is 1. The number of benzene rings is 1. The van der Waals surface area contributed by atoms with E-state index in [1.165, 1.54) is 53.3 Å². The molecule has 0 spiro atoms. The maximum absolute atomic E-state index is 3.38. The predicted molar refractivity (Wildman–Crippen MR) is 71.0 cm³/mol. The molecule has 0 saturated heterocycles. The third kappa shape index (κ3) is 1.99. The molecule has 1 heterocycles. The van der Waals surface area contributed by atoms with Crippen molar-refractivity contribution in [3.8, 4) is 0 Å². The second-order valence-electron chi connectivity index (χ2n) is 4.70. The minimum atomic E-state index is 1.21. The number of hydrogen-bond acceptors (Lipinski definition) is 0. The van der Waals surface area contributed by atoms with Gasteiger partial charge in [0, 0.05) is 17.1 Å². The van der Waals surface area contributed by atoms with Crippen molar-refractivity contribution in [1.29, 1.82) is 0 Å². The van der Waals surface area contributed by atoms with Crippen molar-refractivity contribution in [2.75, 3.05) is 0 Å². The van der Waals surface area contributed by atoms with Crippen LogP contribution < -0.4 is 0 Å². The Bertz CT molecular complexity index is 479. The molecule has 1 nitrogen and oxygen atoms in total. The van der Waals surface area contributed by atoms with Crippen LogP contribution in [-0.4, -0.2) is 4.98 Å². The molecule has 0 fully saturated rings. The van der Waals surface area contributed by atoms with E-state index in [2.05, 4.69) is 44.1 Å². The molecule has 0 unspecified atom stereocenters. The summed E-state index contributed by atoms with van der Waals surface area (Å²) in [6.45, 7) is 6.68. The lowest BCUT2D eigenvalue weighted by molar-refractivity contribution is 0.719. The molecule has 2 rings (SSSR count). The van der Waals surface area contributed by atoms with E-state index >= 15 is 0 Å². The summed E-state index contributed by atoms with van der Waals surface area (Å²) in [5, 5.41) is 1.45. The van der Waals surface area contributed by atoms with Crippen LogP contribution in [0.15, 0.2) is 18.3 Å². The molecule has 0 saturated carbocycles. The van der Waals surface area contributed by atoms with Gasteiger partial charge < -0.3 is 4.98 Å². The van der Waals surface area contributed by atoms with Gasteiger partial charge in [-0.05, 0) is 49.4 Å². The van der Waals surface area contributed by atoms with E-state index in [9.17, 15) is 0 Å². The van der Waals surface area contributed by atoms with E-state index in [4.69, 9.17) is 0 Å². The first-order valence-corrected chi connectivity index (χ1v) is 6.30. The molecule has 0 aliphatic heterocycles. The van der Waals surface area contributed by atoms with E-state index in [0.29, 0.717) is 0 Å². The molecule has 86 valence electrons. The average molecular weight is 215 g/mol. The highest BCUT2D eigenvalue weighted by Crippen LogP contribution is 2.25. The molecule has 0 atom stereocenters. The van der Waals surface area contributed by atoms with Gasteiger partial charge in [-0.2, -0.15) is 0 Å². The van der Waals surface area contributed by atoms with Gasteiger partial charge in [0.1, 0.15) is 0 Å². The van der Waals surface area contributed by atoms with Gasteiger partial charge in [0.2, 0.25) is 0 Å². The monoisotopic (exact) mass is 215 g/mol. The summed E-state index contributed by atoms with van der Waals surface area (Å²) in [7, 11) is 0. The molecule has 1 aromatic carbocycles. The first-order chi connectivity index (χ1) is 7.74. The van der Waals surface area contributed by atoms with Crippen LogP contribution in [0.2, 0.25) is 0 Å². The highest BCUT2D eigenvalue weighted by atomic mass is 14.7. The Kier molecular flexibility index (Phi) is 3.33. The van der Waals surface area contributed by atoms with Gasteiger partial charge in [0.25, 0.3) is 0 Å². The van der Waals surface area contributed by atoms with Crippen LogP contribution in [0.5, 0.6) is 0 Å². The molecule has 0 aliphatic carbocycles. The molecular formula is C15H21N. The zero-order chi connectivity index (χ0) is 11.5. The number of aromatic nitrogens is 1. The van der Waals surface area contributed by atoms with Crippen molar-refractivity contribution in [2.24, 2.45) is 0 Å². The Balaban J connectivity index is 2.35. The molecule has 0 aliphatic rings. The minimum absolute atomic E-state index is 1.21. The van der Waals surface area contributed by atoms with Crippen molar-refractivity contribution >= 4 is 10.9 Å². The molecule has 1 heteroatoms. The van der Waals surface area contributed by atoms with E-state index in [0.717, 1.165) is 0 Å². The maximum Gasteiger partial charge on any atom is 0.0459 e. The fourth-order valence-electron chi connectivity index (χ4n) is 2.35. The molecular weight excluding hydrogens is 194 g/mol. The summed E-state index contributed by atoms with van der Waals surface area (Å²) in [4.78, 5) is 3.38. The third-order valence-corrected chi connectivity index (χ3v) is 3.51. The molecule has 0 radical (unpaired) electrons. The van der Waals surface area contributed by atoms with Gasteiger partial charge in [0.15, 0.2) is 0 Å². The van der Waals surface area contributed by atoms with Gasteiger partial charge in [-0.3, -0.25) is 0 Å². The zero-order valence-corrected chi connectivity index (χ0v) is 10.6. The number of fused-ring (bicyclic) bond motifs is 1. The fourth-order valence-corrected chi connectivity index (χ4v) is 2.35. The molecule has 0 bridgehead atoms. The quantitative estimate of drug-likeness (QED) is 0.722. The number of unbranched alkanes of at least 4 members (excludes halogenated alkanes) is 2. The lowest BCUT2D eigenvalue weighted by Gasteiger charge is -2.04. The summed E-state index contributed by atoms with van der Waals surface area (Å²) >= 11 is 0. The predicted octanol–water partition coefficient (Wildman–Crippen LogP) is 4.52. The largest absolute Gasteiger partial charge is 0.361 e.